The molecular weight excluding hydrogens is 400 g/mol. The number of carbonyl (C=O) groups is 2. The van der Waals surface area contributed by atoms with E-state index < -0.39 is 12.1 Å². The second-order valence-corrected chi connectivity index (χ2v) is 6.91. The molecule has 0 spiro atoms. The van der Waals surface area contributed by atoms with Crippen LogP contribution in [0.4, 0.5) is 0 Å². The summed E-state index contributed by atoms with van der Waals surface area (Å²) in [6, 6.07) is 14.4. The summed E-state index contributed by atoms with van der Waals surface area (Å²) >= 11 is 0. The fourth-order valence-electron chi connectivity index (χ4n) is 2.94. The number of hydrogen-bond donors (Lipinski definition) is 1. The van der Waals surface area contributed by atoms with Crippen molar-refractivity contribution in [3.8, 4) is 5.75 Å². The first kappa shape index (κ1) is 21.9. The van der Waals surface area contributed by atoms with Gasteiger partial charge >= 0.3 is 5.97 Å². The predicted octanol–water partition coefficient (Wildman–Crippen LogP) is 1.48. The van der Waals surface area contributed by atoms with Crippen molar-refractivity contribution < 1.29 is 19.1 Å². The Balaban J connectivity index is 1.43. The number of amides is 1. The lowest BCUT2D eigenvalue weighted by Gasteiger charge is -2.14. The smallest absolute Gasteiger partial charge is 0.308 e. The number of rotatable bonds is 9. The number of benzene rings is 2. The van der Waals surface area contributed by atoms with Crippen LogP contribution in [0, 0.1) is 0 Å². The standard InChI is InChI=1S/C22H24N4O5/c1-15(21(28)23-13-11-16-7-9-17(30-2)10-8-16)31-20(27)12-14-26-22(29)18-5-3-4-6-19(18)24-25-26/h3-10,15H,11-14H2,1-2H3,(H,23,28). The molecular formula is C22H24N4O5. The number of ether oxygens (including phenoxy) is 2. The number of nitrogens with zero attached hydrogens (tertiary/aromatic N) is 3. The van der Waals surface area contributed by atoms with Crippen molar-refractivity contribution in [2.24, 2.45) is 0 Å². The Morgan fingerprint density at radius 1 is 1.13 bits per heavy atom. The first-order valence-electron chi connectivity index (χ1n) is 9.90. The summed E-state index contributed by atoms with van der Waals surface area (Å²) in [5, 5.41) is 11.0. The van der Waals surface area contributed by atoms with Crippen LogP contribution >= 0.6 is 0 Å². The number of fused-ring (bicyclic) bond motifs is 1. The van der Waals surface area contributed by atoms with Crippen molar-refractivity contribution in [2.45, 2.75) is 32.4 Å². The molecule has 0 aliphatic heterocycles. The Kier molecular flexibility index (Phi) is 7.31. The van der Waals surface area contributed by atoms with Crippen molar-refractivity contribution in [1.29, 1.82) is 0 Å². The van der Waals surface area contributed by atoms with Gasteiger partial charge in [0.25, 0.3) is 11.5 Å². The van der Waals surface area contributed by atoms with E-state index in [-0.39, 0.29) is 24.4 Å². The second kappa shape index (κ2) is 10.3. The fraction of sp³-hybridized carbons (Fsp3) is 0.318. The van der Waals surface area contributed by atoms with E-state index in [1.54, 1.807) is 31.4 Å². The lowest BCUT2D eigenvalue weighted by atomic mass is 10.1. The van der Waals surface area contributed by atoms with Crippen LogP contribution in [0.15, 0.2) is 53.3 Å². The van der Waals surface area contributed by atoms with Gasteiger partial charge in [-0.05, 0) is 43.2 Å². The highest BCUT2D eigenvalue weighted by Gasteiger charge is 2.18. The first-order valence-corrected chi connectivity index (χ1v) is 9.90. The topological polar surface area (TPSA) is 112 Å². The Hall–Kier alpha value is -3.75. The van der Waals surface area contributed by atoms with Gasteiger partial charge in [0.2, 0.25) is 0 Å². The van der Waals surface area contributed by atoms with Crippen molar-refractivity contribution in [1.82, 2.24) is 20.3 Å². The lowest BCUT2D eigenvalue weighted by Crippen LogP contribution is -2.37. The molecule has 162 valence electrons. The first-order chi connectivity index (χ1) is 15.0. The van der Waals surface area contributed by atoms with Crippen LogP contribution in [-0.2, 0) is 27.3 Å². The highest BCUT2D eigenvalue weighted by Crippen LogP contribution is 2.11. The van der Waals surface area contributed by atoms with Crippen molar-refractivity contribution in [2.75, 3.05) is 13.7 Å². The zero-order valence-corrected chi connectivity index (χ0v) is 17.4. The fourth-order valence-corrected chi connectivity index (χ4v) is 2.94. The number of nitrogens with one attached hydrogen (secondary N) is 1. The van der Waals surface area contributed by atoms with E-state index >= 15 is 0 Å². The van der Waals surface area contributed by atoms with Gasteiger partial charge in [-0.3, -0.25) is 14.4 Å². The number of methoxy groups -OCH3 is 1. The number of esters is 1. The molecule has 3 aromatic rings. The van der Waals surface area contributed by atoms with Gasteiger partial charge in [0, 0.05) is 6.54 Å². The summed E-state index contributed by atoms with van der Waals surface area (Å²) in [5.74, 6) is -0.213. The zero-order chi connectivity index (χ0) is 22.2. The largest absolute Gasteiger partial charge is 0.497 e. The molecule has 31 heavy (non-hydrogen) atoms. The zero-order valence-electron chi connectivity index (χ0n) is 17.4. The molecule has 0 saturated heterocycles. The minimum Gasteiger partial charge on any atom is -0.497 e. The summed E-state index contributed by atoms with van der Waals surface area (Å²) < 4.78 is 11.4. The molecule has 0 fully saturated rings. The molecule has 1 unspecified atom stereocenters. The maximum absolute atomic E-state index is 12.4. The average molecular weight is 424 g/mol. The van der Waals surface area contributed by atoms with E-state index in [2.05, 4.69) is 15.6 Å². The van der Waals surface area contributed by atoms with Crippen LogP contribution in [-0.4, -0.2) is 46.6 Å². The maximum atomic E-state index is 12.4. The second-order valence-electron chi connectivity index (χ2n) is 6.91. The monoisotopic (exact) mass is 424 g/mol. The minimum atomic E-state index is -0.942. The Morgan fingerprint density at radius 2 is 1.87 bits per heavy atom. The molecule has 1 heterocycles. The highest BCUT2D eigenvalue weighted by atomic mass is 16.5. The molecule has 0 bridgehead atoms. The lowest BCUT2D eigenvalue weighted by molar-refractivity contribution is -0.155. The summed E-state index contributed by atoms with van der Waals surface area (Å²) in [6.45, 7) is 1.93. The third-order valence-corrected chi connectivity index (χ3v) is 4.71. The predicted molar refractivity (Wildman–Crippen MR) is 114 cm³/mol. The van der Waals surface area contributed by atoms with Gasteiger partial charge in [-0.15, -0.1) is 5.10 Å². The van der Waals surface area contributed by atoms with Gasteiger partial charge in [0.05, 0.1) is 25.5 Å². The summed E-state index contributed by atoms with van der Waals surface area (Å²) in [7, 11) is 1.60. The van der Waals surface area contributed by atoms with E-state index in [4.69, 9.17) is 9.47 Å². The minimum absolute atomic E-state index is 0.0152. The van der Waals surface area contributed by atoms with Crippen LogP contribution < -0.4 is 15.6 Å². The van der Waals surface area contributed by atoms with Crippen molar-refractivity contribution in [3.63, 3.8) is 0 Å². The molecule has 0 aliphatic carbocycles. The van der Waals surface area contributed by atoms with Crippen LogP contribution in [0.2, 0.25) is 0 Å². The summed E-state index contributed by atoms with van der Waals surface area (Å²) in [4.78, 5) is 36.6. The molecule has 1 atom stereocenters. The molecule has 9 nitrogen and oxygen atoms in total. The molecule has 3 rings (SSSR count). The Labute approximate surface area is 179 Å². The van der Waals surface area contributed by atoms with Gasteiger partial charge in [0.15, 0.2) is 6.10 Å². The molecule has 0 saturated carbocycles. The van der Waals surface area contributed by atoms with Crippen LogP contribution in [0.3, 0.4) is 0 Å². The number of carbonyl (C=O) groups excluding carboxylic acids is 2. The normalized spacial score (nSPS) is 11.7. The van der Waals surface area contributed by atoms with Crippen LogP contribution in [0.5, 0.6) is 5.75 Å². The highest BCUT2D eigenvalue weighted by molar-refractivity contribution is 5.83. The van der Waals surface area contributed by atoms with Gasteiger partial charge in [-0.2, -0.15) is 0 Å². The van der Waals surface area contributed by atoms with Crippen molar-refractivity contribution in [3.05, 3.63) is 64.4 Å². The van der Waals surface area contributed by atoms with Gasteiger partial charge < -0.3 is 14.8 Å². The maximum Gasteiger partial charge on any atom is 0.308 e. The number of aryl methyl sites for hydroxylation is 1. The third-order valence-electron chi connectivity index (χ3n) is 4.71. The quantitative estimate of drug-likeness (QED) is 0.518. The number of hydrogen-bond acceptors (Lipinski definition) is 7. The van der Waals surface area contributed by atoms with Gasteiger partial charge in [0.1, 0.15) is 11.3 Å². The third kappa shape index (κ3) is 5.88. The van der Waals surface area contributed by atoms with Crippen LogP contribution in [0.25, 0.3) is 10.9 Å². The molecule has 2 aromatic carbocycles. The molecule has 9 heteroatoms. The van der Waals surface area contributed by atoms with E-state index in [0.717, 1.165) is 16.0 Å². The van der Waals surface area contributed by atoms with Crippen molar-refractivity contribution >= 4 is 22.8 Å². The molecule has 1 N–H and O–H groups in total. The van der Waals surface area contributed by atoms with E-state index in [1.165, 1.54) is 6.92 Å². The molecule has 0 aliphatic rings. The molecule has 1 amide bonds. The Morgan fingerprint density at radius 3 is 2.61 bits per heavy atom. The van der Waals surface area contributed by atoms with Gasteiger partial charge in [-0.25, -0.2) is 4.68 Å². The SMILES string of the molecule is COc1ccc(CCNC(=O)C(C)OC(=O)CCn2nnc3ccccc3c2=O)cc1. The Bertz CT molecular complexity index is 1110. The van der Waals surface area contributed by atoms with Crippen LogP contribution in [0.1, 0.15) is 18.9 Å². The summed E-state index contributed by atoms with van der Waals surface area (Å²) in [5.41, 5.74) is 1.21. The molecule has 0 radical (unpaired) electrons. The average Bonchev–Trinajstić information content (AvgIpc) is 2.79. The van der Waals surface area contributed by atoms with Gasteiger partial charge in [-0.1, -0.05) is 29.5 Å². The van der Waals surface area contributed by atoms with E-state index in [0.29, 0.717) is 23.9 Å². The molecule has 1 aromatic heterocycles. The summed E-state index contributed by atoms with van der Waals surface area (Å²) in [6.07, 6.45) is -0.404. The van der Waals surface area contributed by atoms with E-state index in [9.17, 15) is 14.4 Å². The van der Waals surface area contributed by atoms with E-state index in [1.807, 2.05) is 24.3 Å². The number of aromatic nitrogens is 3.